The van der Waals surface area contributed by atoms with E-state index in [0.29, 0.717) is 22.6 Å². The molecule has 2 aromatic rings. The van der Waals surface area contributed by atoms with Crippen LogP contribution in [0, 0.1) is 25.6 Å². The maximum Gasteiger partial charge on any atom is 0.356 e. The molecule has 0 radical (unpaired) electrons. The maximum absolute atomic E-state index is 14.8. The van der Waals surface area contributed by atoms with Gasteiger partial charge in [0.2, 0.25) is 0 Å². The predicted octanol–water partition coefficient (Wildman–Crippen LogP) is 6.11. The Balaban J connectivity index is 1.76. The zero-order valence-corrected chi connectivity index (χ0v) is 18.2. The minimum Gasteiger partial charge on any atom is -0.457 e. The standard InChI is InChI=1S/C23H30FO4P/c1-4-5-17-6-8-18(9-7-17)21-11-10-19(14-22(21)24)28-23-15(2)12-20(13-16(23)3)29(25,26)27/h10-14,17-18H,4-9H2,1-3H3,(H2,25,26,27)/t17-,18-. The number of hydrogen-bond acceptors (Lipinski definition) is 2. The second kappa shape index (κ2) is 8.99. The molecule has 158 valence electrons. The fourth-order valence-corrected chi connectivity index (χ4v) is 5.17. The van der Waals surface area contributed by atoms with Crippen molar-refractivity contribution >= 4 is 12.9 Å². The van der Waals surface area contributed by atoms with Gasteiger partial charge in [-0.25, -0.2) is 4.39 Å². The van der Waals surface area contributed by atoms with E-state index in [0.717, 1.165) is 24.3 Å². The lowest BCUT2D eigenvalue weighted by atomic mass is 9.77. The van der Waals surface area contributed by atoms with Crippen molar-refractivity contribution in [3.8, 4) is 11.5 Å². The molecule has 2 N–H and O–H groups in total. The summed E-state index contributed by atoms with van der Waals surface area (Å²) in [6.07, 6.45) is 6.87. The molecule has 0 aromatic heterocycles. The van der Waals surface area contributed by atoms with Gasteiger partial charge in [-0.1, -0.05) is 25.8 Å². The number of rotatable bonds is 6. The fourth-order valence-electron chi connectivity index (χ4n) is 4.45. The predicted molar refractivity (Wildman–Crippen MR) is 114 cm³/mol. The highest BCUT2D eigenvalue weighted by Gasteiger charge is 2.24. The van der Waals surface area contributed by atoms with Crippen LogP contribution in [0.3, 0.4) is 0 Å². The Morgan fingerprint density at radius 2 is 1.69 bits per heavy atom. The summed E-state index contributed by atoms with van der Waals surface area (Å²) in [6, 6.07) is 7.87. The van der Waals surface area contributed by atoms with Gasteiger partial charge in [-0.15, -0.1) is 0 Å². The highest BCUT2D eigenvalue weighted by Crippen LogP contribution is 2.40. The van der Waals surface area contributed by atoms with Crippen LogP contribution in [0.15, 0.2) is 30.3 Å². The summed E-state index contributed by atoms with van der Waals surface area (Å²) in [4.78, 5) is 18.8. The molecule has 0 amide bonds. The van der Waals surface area contributed by atoms with Gasteiger partial charge in [0.1, 0.15) is 17.3 Å². The molecular weight excluding hydrogens is 390 g/mol. The number of aryl methyl sites for hydroxylation is 2. The van der Waals surface area contributed by atoms with E-state index < -0.39 is 7.60 Å². The molecule has 0 atom stereocenters. The van der Waals surface area contributed by atoms with Gasteiger partial charge in [0, 0.05) is 6.07 Å². The van der Waals surface area contributed by atoms with Crippen molar-refractivity contribution in [3.05, 3.63) is 52.8 Å². The molecular formula is C23H30FO4P. The molecule has 0 bridgehead atoms. The summed E-state index contributed by atoms with van der Waals surface area (Å²) in [5.74, 6) is 1.69. The normalized spacial score (nSPS) is 19.9. The van der Waals surface area contributed by atoms with Gasteiger partial charge in [0.25, 0.3) is 0 Å². The second-order valence-corrected chi connectivity index (χ2v) is 9.85. The van der Waals surface area contributed by atoms with Gasteiger partial charge in [-0.05, 0) is 86.3 Å². The third kappa shape index (κ3) is 5.28. The number of ether oxygens (including phenoxy) is 1. The van der Waals surface area contributed by atoms with Crippen LogP contribution in [0.2, 0.25) is 0 Å². The average molecular weight is 420 g/mol. The SMILES string of the molecule is CCC[C@H]1CC[C@H](c2ccc(Oc3c(C)cc(P(=O)(O)O)cc3C)cc2F)CC1. The molecule has 1 aliphatic carbocycles. The summed E-state index contributed by atoms with van der Waals surface area (Å²) in [6.45, 7) is 5.66. The summed E-state index contributed by atoms with van der Waals surface area (Å²) in [7, 11) is -4.33. The molecule has 4 nitrogen and oxygen atoms in total. The zero-order valence-electron chi connectivity index (χ0n) is 17.3. The van der Waals surface area contributed by atoms with E-state index in [-0.39, 0.29) is 17.0 Å². The van der Waals surface area contributed by atoms with Crippen molar-refractivity contribution in [1.29, 1.82) is 0 Å². The van der Waals surface area contributed by atoms with Crippen LogP contribution in [0.5, 0.6) is 11.5 Å². The Morgan fingerprint density at radius 3 is 2.21 bits per heavy atom. The molecule has 1 fully saturated rings. The van der Waals surface area contributed by atoms with Gasteiger partial charge in [0.15, 0.2) is 0 Å². The van der Waals surface area contributed by atoms with E-state index in [9.17, 15) is 18.7 Å². The fraction of sp³-hybridized carbons (Fsp3) is 0.478. The first kappa shape index (κ1) is 22.0. The molecule has 29 heavy (non-hydrogen) atoms. The molecule has 1 saturated carbocycles. The largest absolute Gasteiger partial charge is 0.457 e. The van der Waals surface area contributed by atoms with Crippen LogP contribution in [0.4, 0.5) is 4.39 Å². The number of hydrogen-bond donors (Lipinski definition) is 2. The molecule has 2 aromatic carbocycles. The van der Waals surface area contributed by atoms with Gasteiger partial charge in [-0.3, -0.25) is 4.57 Å². The average Bonchev–Trinajstić information content (AvgIpc) is 2.65. The van der Waals surface area contributed by atoms with Gasteiger partial charge < -0.3 is 14.5 Å². The van der Waals surface area contributed by atoms with Crippen LogP contribution >= 0.6 is 7.60 Å². The van der Waals surface area contributed by atoms with E-state index in [1.54, 1.807) is 19.9 Å². The monoisotopic (exact) mass is 420 g/mol. The van der Waals surface area contributed by atoms with E-state index in [4.69, 9.17) is 4.74 Å². The molecule has 0 spiro atoms. The van der Waals surface area contributed by atoms with Crippen LogP contribution in [-0.2, 0) is 4.57 Å². The van der Waals surface area contributed by atoms with Crippen LogP contribution < -0.4 is 10.0 Å². The molecule has 0 saturated heterocycles. The molecule has 0 heterocycles. The van der Waals surface area contributed by atoms with E-state index >= 15 is 0 Å². The van der Waals surface area contributed by atoms with E-state index in [2.05, 4.69) is 6.92 Å². The lowest BCUT2D eigenvalue weighted by Gasteiger charge is -2.29. The minimum absolute atomic E-state index is 0.0416. The highest BCUT2D eigenvalue weighted by atomic mass is 31.2. The molecule has 0 unspecified atom stereocenters. The van der Waals surface area contributed by atoms with Crippen molar-refractivity contribution in [1.82, 2.24) is 0 Å². The quantitative estimate of drug-likeness (QED) is 0.553. The van der Waals surface area contributed by atoms with Crippen LogP contribution in [0.25, 0.3) is 0 Å². The Labute approximate surface area is 172 Å². The van der Waals surface area contributed by atoms with Gasteiger partial charge in [0.05, 0.1) is 5.30 Å². The number of halogens is 1. The lowest BCUT2D eigenvalue weighted by molar-refractivity contribution is 0.304. The third-order valence-corrected chi connectivity index (χ3v) is 6.89. The van der Waals surface area contributed by atoms with Gasteiger partial charge in [-0.2, -0.15) is 0 Å². The second-order valence-electron chi connectivity index (χ2n) is 8.24. The van der Waals surface area contributed by atoms with Crippen LogP contribution in [0.1, 0.15) is 68.1 Å². The third-order valence-electron chi connectivity index (χ3n) is 5.96. The van der Waals surface area contributed by atoms with E-state index in [1.165, 1.54) is 43.9 Å². The summed E-state index contributed by atoms with van der Waals surface area (Å²) < 4.78 is 32.2. The van der Waals surface area contributed by atoms with Crippen molar-refractivity contribution in [2.75, 3.05) is 0 Å². The Hall–Kier alpha value is -1.68. The first-order valence-electron chi connectivity index (χ1n) is 10.3. The molecule has 3 rings (SSSR count). The summed E-state index contributed by atoms with van der Waals surface area (Å²) in [5, 5.41) is -0.0416. The van der Waals surface area contributed by atoms with Gasteiger partial charge >= 0.3 is 7.60 Å². The Morgan fingerprint density at radius 1 is 1.07 bits per heavy atom. The van der Waals surface area contributed by atoms with Crippen molar-refractivity contribution < 1.29 is 23.5 Å². The Kier molecular flexibility index (Phi) is 6.83. The zero-order chi connectivity index (χ0) is 21.2. The summed E-state index contributed by atoms with van der Waals surface area (Å²) in [5.41, 5.74) is 1.96. The summed E-state index contributed by atoms with van der Waals surface area (Å²) >= 11 is 0. The highest BCUT2D eigenvalue weighted by molar-refractivity contribution is 7.60. The molecule has 1 aliphatic rings. The lowest BCUT2D eigenvalue weighted by Crippen LogP contribution is -2.14. The van der Waals surface area contributed by atoms with Crippen molar-refractivity contribution in [2.24, 2.45) is 5.92 Å². The molecule has 0 aliphatic heterocycles. The first-order valence-corrected chi connectivity index (χ1v) is 11.9. The molecule has 6 heteroatoms. The number of benzene rings is 2. The van der Waals surface area contributed by atoms with Crippen molar-refractivity contribution in [3.63, 3.8) is 0 Å². The first-order chi connectivity index (χ1) is 13.7. The maximum atomic E-state index is 14.8. The van der Waals surface area contributed by atoms with E-state index in [1.807, 2.05) is 6.07 Å². The topological polar surface area (TPSA) is 66.8 Å². The minimum atomic E-state index is -4.33. The Bertz CT molecular complexity index is 890. The van der Waals surface area contributed by atoms with Crippen molar-refractivity contribution in [2.45, 2.75) is 65.2 Å². The van der Waals surface area contributed by atoms with Crippen LogP contribution in [-0.4, -0.2) is 9.79 Å². The smallest absolute Gasteiger partial charge is 0.356 e.